The van der Waals surface area contributed by atoms with Crippen molar-refractivity contribution < 1.29 is 4.39 Å². The molecule has 1 aliphatic heterocycles. The highest BCUT2D eigenvalue weighted by Crippen LogP contribution is 2.38. The highest BCUT2D eigenvalue weighted by Gasteiger charge is 2.22. The zero-order valence-corrected chi connectivity index (χ0v) is 13.3. The van der Waals surface area contributed by atoms with Crippen LogP contribution in [0.4, 0.5) is 4.39 Å². The molecular weight excluding hydrogens is 305 g/mol. The molecule has 2 aromatic carbocycles. The van der Waals surface area contributed by atoms with Gasteiger partial charge in [-0.1, -0.05) is 23.7 Å². The van der Waals surface area contributed by atoms with E-state index in [1.54, 1.807) is 0 Å². The number of rotatable bonds is 3. The Morgan fingerprint density at radius 3 is 2.76 bits per heavy atom. The fourth-order valence-corrected chi connectivity index (χ4v) is 3.97. The molecule has 21 heavy (non-hydrogen) atoms. The standard InChI is InChI=1S/C17H17ClFNS/c1-11(12-2-5-14(19)6-3-12)20-16-8-9-21-17-7-4-13(18)10-15(16)17/h2-7,10-11,16,20H,8-9H2,1H3/t11-,16?/m1/s1. The molecule has 0 saturated heterocycles. The van der Waals surface area contributed by atoms with Crippen LogP contribution in [-0.2, 0) is 0 Å². The van der Waals surface area contributed by atoms with Crippen molar-refractivity contribution in [3.8, 4) is 0 Å². The Morgan fingerprint density at radius 1 is 1.24 bits per heavy atom. The highest BCUT2D eigenvalue weighted by molar-refractivity contribution is 7.99. The largest absolute Gasteiger partial charge is 0.303 e. The zero-order chi connectivity index (χ0) is 14.8. The number of thioether (sulfide) groups is 1. The van der Waals surface area contributed by atoms with Crippen molar-refractivity contribution >= 4 is 23.4 Å². The average molecular weight is 322 g/mol. The van der Waals surface area contributed by atoms with E-state index in [1.165, 1.54) is 22.6 Å². The summed E-state index contributed by atoms with van der Waals surface area (Å²) < 4.78 is 13.0. The smallest absolute Gasteiger partial charge is 0.123 e. The second-order valence-corrected chi connectivity index (χ2v) is 6.88. The third-order valence-corrected chi connectivity index (χ3v) is 5.19. The molecule has 0 aromatic heterocycles. The van der Waals surface area contributed by atoms with Gasteiger partial charge < -0.3 is 5.32 Å². The van der Waals surface area contributed by atoms with E-state index in [0.717, 1.165) is 22.8 Å². The van der Waals surface area contributed by atoms with Gasteiger partial charge in [0.15, 0.2) is 0 Å². The van der Waals surface area contributed by atoms with Crippen LogP contribution in [0.1, 0.15) is 36.6 Å². The van der Waals surface area contributed by atoms with Gasteiger partial charge >= 0.3 is 0 Å². The van der Waals surface area contributed by atoms with Crippen LogP contribution in [0.5, 0.6) is 0 Å². The Balaban J connectivity index is 1.80. The van der Waals surface area contributed by atoms with E-state index in [1.807, 2.05) is 30.0 Å². The Hall–Kier alpha value is -1.03. The van der Waals surface area contributed by atoms with Crippen LogP contribution in [0, 0.1) is 5.82 Å². The van der Waals surface area contributed by atoms with Crippen molar-refractivity contribution in [2.75, 3.05) is 5.75 Å². The van der Waals surface area contributed by atoms with Gasteiger partial charge in [0.05, 0.1) is 0 Å². The first-order chi connectivity index (χ1) is 10.1. The number of halogens is 2. The second-order valence-electron chi connectivity index (χ2n) is 5.31. The number of hydrogen-bond donors (Lipinski definition) is 1. The van der Waals surface area contributed by atoms with Gasteiger partial charge in [-0.2, -0.15) is 0 Å². The molecule has 1 nitrogen and oxygen atoms in total. The van der Waals surface area contributed by atoms with Gasteiger partial charge in [-0.15, -0.1) is 11.8 Å². The summed E-state index contributed by atoms with van der Waals surface area (Å²) in [6, 6.07) is 13.2. The summed E-state index contributed by atoms with van der Waals surface area (Å²) in [6.07, 6.45) is 1.07. The molecule has 0 bridgehead atoms. The number of fused-ring (bicyclic) bond motifs is 1. The van der Waals surface area contributed by atoms with Crippen molar-refractivity contribution in [1.29, 1.82) is 0 Å². The van der Waals surface area contributed by atoms with Crippen LogP contribution >= 0.6 is 23.4 Å². The van der Waals surface area contributed by atoms with E-state index in [2.05, 4.69) is 24.4 Å². The summed E-state index contributed by atoms with van der Waals surface area (Å²) in [5.41, 5.74) is 2.37. The molecule has 1 aliphatic rings. The maximum Gasteiger partial charge on any atom is 0.123 e. The molecule has 0 aliphatic carbocycles. The molecule has 2 atom stereocenters. The predicted octanol–water partition coefficient (Wildman–Crippen LogP) is 5.37. The highest BCUT2D eigenvalue weighted by atomic mass is 35.5. The SMILES string of the molecule is C[C@@H](NC1CCSc2ccc(Cl)cc21)c1ccc(F)cc1. The molecule has 4 heteroatoms. The summed E-state index contributed by atoms with van der Waals surface area (Å²) in [7, 11) is 0. The summed E-state index contributed by atoms with van der Waals surface area (Å²) in [4.78, 5) is 1.30. The summed E-state index contributed by atoms with van der Waals surface area (Å²) >= 11 is 8.01. The molecular formula is C17H17ClFNS. The van der Waals surface area contributed by atoms with E-state index >= 15 is 0 Å². The van der Waals surface area contributed by atoms with Crippen molar-refractivity contribution in [2.24, 2.45) is 0 Å². The van der Waals surface area contributed by atoms with Gasteiger partial charge in [-0.25, -0.2) is 4.39 Å². The minimum absolute atomic E-state index is 0.172. The normalized spacial score (nSPS) is 19.1. The summed E-state index contributed by atoms with van der Waals surface area (Å²) in [6.45, 7) is 2.11. The molecule has 3 rings (SSSR count). The Labute approximate surface area is 133 Å². The van der Waals surface area contributed by atoms with E-state index in [4.69, 9.17) is 11.6 Å². The number of nitrogens with one attached hydrogen (secondary N) is 1. The molecule has 1 N–H and O–H groups in total. The molecule has 0 spiro atoms. The minimum atomic E-state index is -0.197. The summed E-state index contributed by atoms with van der Waals surface area (Å²) in [5, 5.41) is 4.42. The van der Waals surface area contributed by atoms with E-state index in [-0.39, 0.29) is 11.9 Å². The van der Waals surface area contributed by atoms with Crippen molar-refractivity contribution in [3.63, 3.8) is 0 Å². The quantitative estimate of drug-likeness (QED) is 0.816. The Morgan fingerprint density at radius 2 is 2.00 bits per heavy atom. The molecule has 0 radical (unpaired) electrons. The fourth-order valence-electron chi connectivity index (χ4n) is 2.69. The third kappa shape index (κ3) is 3.42. The van der Waals surface area contributed by atoms with Crippen LogP contribution in [0.25, 0.3) is 0 Å². The predicted molar refractivity (Wildman–Crippen MR) is 87.5 cm³/mol. The summed E-state index contributed by atoms with van der Waals surface area (Å²) in [5.74, 6) is 0.903. The number of hydrogen-bond acceptors (Lipinski definition) is 2. The van der Waals surface area contributed by atoms with Gasteiger partial charge in [-0.3, -0.25) is 0 Å². The van der Waals surface area contributed by atoms with E-state index < -0.39 is 0 Å². The van der Waals surface area contributed by atoms with Crippen LogP contribution < -0.4 is 5.32 Å². The van der Waals surface area contributed by atoms with Crippen molar-refractivity contribution in [3.05, 3.63) is 64.4 Å². The molecule has 0 saturated carbocycles. The van der Waals surface area contributed by atoms with Crippen LogP contribution in [-0.4, -0.2) is 5.75 Å². The lowest BCUT2D eigenvalue weighted by Gasteiger charge is -2.29. The van der Waals surface area contributed by atoms with Crippen molar-refractivity contribution in [2.45, 2.75) is 30.3 Å². The molecule has 0 fully saturated rings. The van der Waals surface area contributed by atoms with Gasteiger partial charge in [0.1, 0.15) is 5.82 Å². The first-order valence-electron chi connectivity index (χ1n) is 7.07. The van der Waals surface area contributed by atoms with Gasteiger partial charge in [0.25, 0.3) is 0 Å². The monoisotopic (exact) mass is 321 g/mol. The first kappa shape index (κ1) is 14.9. The lowest BCUT2D eigenvalue weighted by molar-refractivity contribution is 0.450. The Bertz CT molecular complexity index is 629. The lowest BCUT2D eigenvalue weighted by Crippen LogP contribution is -2.27. The van der Waals surface area contributed by atoms with Gasteiger partial charge in [-0.05, 0) is 60.6 Å². The maximum atomic E-state index is 13.0. The maximum absolute atomic E-state index is 13.0. The topological polar surface area (TPSA) is 12.0 Å². The van der Waals surface area contributed by atoms with Gasteiger partial charge in [0.2, 0.25) is 0 Å². The van der Waals surface area contributed by atoms with Crippen molar-refractivity contribution in [1.82, 2.24) is 5.32 Å². The zero-order valence-electron chi connectivity index (χ0n) is 11.8. The van der Waals surface area contributed by atoms with E-state index in [9.17, 15) is 4.39 Å². The second kappa shape index (κ2) is 6.39. The van der Waals surface area contributed by atoms with Gasteiger partial charge in [0, 0.05) is 22.0 Å². The van der Waals surface area contributed by atoms with E-state index in [0.29, 0.717) is 6.04 Å². The minimum Gasteiger partial charge on any atom is -0.303 e. The molecule has 0 amide bonds. The number of benzene rings is 2. The molecule has 1 unspecified atom stereocenters. The molecule has 110 valence electrons. The first-order valence-corrected chi connectivity index (χ1v) is 8.43. The average Bonchev–Trinajstić information content (AvgIpc) is 2.48. The lowest BCUT2D eigenvalue weighted by atomic mass is 10.0. The fraction of sp³-hybridized carbons (Fsp3) is 0.294. The third-order valence-electron chi connectivity index (χ3n) is 3.83. The molecule has 1 heterocycles. The van der Waals surface area contributed by atoms with Crippen LogP contribution in [0.2, 0.25) is 5.02 Å². The Kier molecular flexibility index (Phi) is 4.53. The molecule has 2 aromatic rings. The van der Waals surface area contributed by atoms with Crippen LogP contribution in [0.15, 0.2) is 47.4 Å². The van der Waals surface area contributed by atoms with Crippen LogP contribution in [0.3, 0.4) is 0 Å².